The number of amides is 1. The number of rotatable bonds is 3. The molecule has 1 amide bonds. The van der Waals surface area contributed by atoms with Crippen molar-refractivity contribution in [1.29, 1.82) is 0 Å². The SMILES string of the molecule is C[C@@H](N=C1NC(=O)[C@@](C)(C2(O)CCOCC2)S1)c1ccc(F)cc1. The van der Waals surface area contributed by atoms with Crippen LogP contribution in [0.1, 0.15) is 38.3 Å². The molecule has 2 aliphatic heterocycles. The maximum absolute atomic E-state index is 13.0. The Balaban J connectivity index is 1.79. The molecule has 0 radical (unpaired) electrons. The van der Waals surface area contributed by atoms with Crippen molar-refractivity contribution in [1.82, 2.24) is 5.32 Å². The molecule has 130 valence electrons. The highest BCUT2D eigenvalue weighted by Crippen LogP contribution is 2.45. The fourth-order valence-electron chi connectivity index (χ4n) is 3.02. The standard InChI is InChI=1S/C17H21FN2O3S/c1-11(12-3-5-13(18)6-4-12)19-15-20-14(21)16(2,24-15)17(22)7-9-23-10-8-17/h3-6,11,22H,7-10H2,1-2H3,(H,19,20,21)/t11-,16+/m1/s1. The van der Waals surface area contributed by atoms with Crippen LogP contribution in [0.3, 0.4) is 0 Å². The Bertz CT molecular complexity index is 658. The Morgan fingerprint density at radius 1 is 1.33 bits per heavy atom. The van der Waals surface area contributed by atoms with Crippen molar-refractivity contribution < 1.29 is 19.0 Å². The number of ether oxygens (including phenoxy) is 1. The van der Waals surface area contributed by atoms with Crippen molar-refractivity contribution in [3.63, 3.8) is 0 Å². The largest absolute Gasteiger partial charge is 0.388 e. The quantitative estimate of drug-likeness (QED) is 0.876. The summed E-state index contributed by atoms with van der Waals surface area (Å²) in [5.41, 5.74) is -0.256. The number of amidine groups is 1. The number of aliphatic hydroxyl groups is 1. The van der Waals surface area contributed by atoms with E-state index in [1.165, 1.54) is 23.9 Å². The predicted octanol–water partition coefficient (Wildman–Crippen LogP) is 2.41. The molecule has 2 aliphatic rings. The van der Waals surface area contributed by atoms with Crippen LogP contribution in [-0.2, 0) is 9.53 Å². The average Bonchev–Trinajstić information content (AvgIpc) is 2.84. The third kappa shape index (κ3) is 3.08. The van der Waals surface area contributed by atoms with Gasteiger partial charge in [0, 0.05) is 26.1 Å². The maximum atomic E-state index is 13.0. The van der Waals surface area contributed by atoms with E-state index in [2.05, 4.69) is 10.3 Å². The topological polar surface area (TPSA) is 70.9 Å². The summed E-state index contributed by atoms with van der Waals surface area (Å²) in [5.74, 6) is -0.529. The van der Waals surface area contributed by atoms with Crippen LogP contribution < -0.4 is 5.32 Å². The second-order valence-electron chi connectivity index (χ2n) is 6.40. The lowest BCUT2D eigenvalue weighted by atomic mass is 9.81. The van der Waals surface area contributed by atoms with Gasteiger partial charge in [0.15, 0.2) is 5.17 Å². The van der Waals surface area contributed by atoms with Gasteiger partial charge >= 0.3 is 0 Å². The summed E-state index contributed by atoms with van der Waals surface area (Å²) in [4.78, 5) is 17.0. The first-order chi connectivity index (χ1) is 11.3. The van der Waals surface area contributed by atoms with Gasteiger partial charge in [-0.2, -0.15) is 0 Å². The second kappa shape index (κ2) is 6.46. The molecule has 0 aromatic heterocycles. The maximum Gasteiger partial charge on any atom is 0.245 e. The first kappa shape index (κ1) is 17.4. The van der Waals surface area contributed by atoms with E-state index in [1.54, 1.807) is 19.1 Å². The minimum Gasteiger partial charge on any atom is -0.388 e. The molecule has 1 aromatic carbocycles. The van der Waals surface area contributed by atoms with E-state index in [-0.39, 0.29) is 17.8 Å². The number of nitrogens with zero attached hydrogens (tertiary/aromatic N) is 1. The molecule has 1 aromatic rings. The molecular weight excluding hydrogens is 331 g/mol. The lowest BCUT2D eigenvalue weighted by Crippen LogP contribution is -2.57. The number of halogens is 1. The van der Waals surface area contributed by atoms with Gasteiger partial charge in [0.1, 0.15) is 10.6 Å². The van der Waals surface area contributed by atoms with E-state index in [4.69, 9.17) is 4.74 Å². The highest BCUT2D eigenvalue weighted by Gasteiger charge is 2.57. The van der Waals surface area contributed by atoms with Crippen molar-refractivity contribution >= 4 is 22.8 Å². The molecule has 2 atom stereocenters. The number of hydrogen-bond donors (Lipinski definition) is 2. The van der Waals surface area contributed by atoms with E-state index < -0.39 is 10.3 Å². The Labute approximate surface area is 144 Å². The van der Waals surface area contributed by atoms with Gasteiger partial charge in [-0.15, -0.1) is 0 Å². The van der Waals surface area contributed by atoms with Crippen LogP contribution in [0, 0.1) is 5.82 Å². The number of carbonyl (C=O) groups is 1. The fourth-order valence-corrected chi connectivity index (χ4v) is 4.30. The number of carbonyl (C=O) groups excluding carboxylic acids is 1. The lowest BCUT2D eigenvalue weighted by Gasteiger charge is -2.41. The number of thioether (sulfide) groups is 1. The highest BCUT2D eigenvalue weighted by atomic mass is 32.2. The molecular formula is C17H21FN2O3S. The number of hydrogen-bond acceptors (Lipinski definition) is 5. The molecule has 0 unspecified atom stereocenters. The second-order valence-corrected chi connectivity index (χ2v) is 7.80. The van der Waals surface area contributed by atoms with E-state index >= 15 is 0 Å². The van der Waals surface area contributed by atoms with Gasteiger partial charge in [0.2, 0.25) is 5.91 Å². The number of aliphatic imine (C=N–C) groups is 1. The molecule has 2 saturated heterocycles. The van der Waals surface area contributed by atoms with Gasteiger partial charge in [-0.05, 0) is 31.5 Å². The lowest BCUT2D eigenvalue weighted by molar-refractivity contribution is -0.135. The Kier molecular flexibility index (Phi) is 4.68. The molecule has 3 rings (SSSR count). The smallest absolute Gasteiger partial charge is 0.245 e. The van der Waals surface area contributed by atoms with Crippen LogP contribution in [-0.4, -0.2) is 39.7 Å². The first-order valence-electron chi connectivity index (χ1n) is 7.98. The molecule has 0 aliphatic carbocycles. The zero-order chi connectivity index (χ0) is 17.4. The minimum absolute atomic E-state index is 0.222. The summed E-state index contributed by atoms with van der Waals surface area (Å²) in [6, 6.07) is 5.91. The molecule has 0 spiro atoms. The highest BCUT2D eigenvalue weighted by molar-refractivity contribution is 8.16. The zero-order valence-corrected chi connectivity index (χ0v) is 14.5. The fraction of sp³-hybridized carbons (Fsp3) is 0.529. The van der Waals surface area contributed by atoms with Crippen LogP contribution in [0.4, 0.5) is 4.39 Å². The van der Waals surface area contributed by atoms with Crippen LogP contribution in [0.2, 0.25) is 0 Å². The van der Waals surface area contributed by atoms with Crippen LogP contribution in [0.5, 0.6) is 0 Å². The molecule has 0 saturated carbocycles. The number of nitrogens with one attached hydrogen (secondary N) is 1. The van der Waals surface area contributed by atoms with E-state index in [9.17, 15) is 14.3 Å². The van der Waals surface area contributed by atoms with Gasteiger partial charge in [-0.25, -0.2) is 4.39 Å². The molecule has 2 fully saturated rings. The zero-order valence-electron chi connectivity index (χ0n) is 13.7. The first-order valence-corrected chi connectivity index (χ1v) is 8.80. The van der Waals surface area contributed by atoms with Gasteiger partial charge < -0.3 is 15.2 Å². The molecule has 5 nitrogen and oxygen atoms in total. The molecule has 2 N–H and O–H groups in total. The summed E-state index contributed by atoms with van der Waals surface area (Å²) < 4.78 is 17.3. The predicted molar refractivity (Wildman–Crippen MR) is 91.4 cm³/mol. The van der Waals surface area contributed by atoms with Crippen LogP contribution in [0.25, 0.3) is 0 Å². The van der Waals surface area contributed by atoms with Crippen molar-refractivity contribution in [2.24, 2.45) is 4.99 Å². The summed E-state index contributed by atoms with van der Waals surface area (Å²) in [7, 11) is 0. The normalized spacial score (nSPS) is 29.5. The Morgan fingerprint density at radius 3 is 2.58 bits per heavy atom. The van der Waals surface area contributed by atoms with Crippen molar-refractivity contribution in [2.75, 3.05) is 13.2 Å². The third-order valence-electron chi connectivity index (χ3n) is 4.83. The van der Waals surface area contributed by atoms with E-state index in [1.807, 2.05) is 6.92 Å². The van der Waals surface area contributed by atoms with Crippen molar-refractivity contribution in [3.05, 3.63) is 35.6 Å². The van der Waals surface area contributed by atoms with Crippen LogP contribution >= 0.6 is 11.8 Å². The summed E-state index contributed by atoms with van der Waals surface area (Å²) >= 11 is 1.26. The van der Waals surface area contributed by atoms with E-state index in [0.29, 0.717) is 31.2 Å². The summed E-state index contributed by atoms with van der Waals surface area (Å²) in [5, 5.41) is 14.2. The summed E-state index contributed by atoms with van der Waals surface area (Å²) in [6.07, 6.45) is 0.843. The molecule has 2 heterocycles. The van der Waals surface area contributed by atoms with Gasteiger partial charge in [-0.3, -0.25) is 9.79 Å². The summed E-state index contributed by atoms with van der Waals surface area (Å²) in [6.45, 7) is 4.52. The Morgan fingerprint density at radius 2 is 1.96 bits per heavy atom. The molecule has 0 bridgehead atoms. The average molecular weight is 352 g/mol. The number of benzene rings is 1. The van der Waals surface area contributed by atoms with Crippen molar-refractivity contribution in [3.8, 4) is 0 Å². The Hall–Kier alpha value is -1.44. The van der Waals surface area contributed by atoms with Gasteiger partial charge in [-0.1, -0.05) is 23.9 Å². The monoisotopic (exact) mass is 352 g/mol. The van der Waals surface area contributed by atoms with E-state index in [0.717, 1.165) is 5.56 Å². The molecule has 24 heavy (non-hydrogen) atoms. The minimum atomic E-state index is -1.11. The van der Waals surface area contributed by atoms with Gasteiger partial charge in [0.05, 0.1) is 11.6 Å². The van der Waals surface area contributed by atoms with Crippen LogP contribution in [0.15, 0.2) is 29.3 Å². The van der Waals surface area contributed by atoms with Crippen molar-refractivity contribution in [2.45, 2.75) is 43.1 Å². The third-order valence-corrected chi connectivity index (χ3v) is 6.20. The van der Waals surface area contributed by atoms with Gasteiger partial charge in [0.25, 0.3) is 0 Å². The molecule has 7 heteroatoms.